The van der Waals surface area contributed by atoms with E-state index in [0.29, 0.717) is 30.1 Å². The highest BCUT2D eigenvalue weighted by Gasteiger charge is 2.32. The minimum absolute atomic E-state index is 0.0786. The summed E-state index contributed by atoms with van der Waals surface area (Å²) in [6, 6.07) is 11.3. The van der Waals surface area contributed by atoms with E-state index in [1.165, 1.54) is 10.5 Å². The number of alkyl halides is 3. The lowest BCUT2D eigenvalue weighted by molar-refractivity contribution is -0.137. The predicted molar refractivity (Wildman–Crippen MR) is 92.3 cm³/mol. The molecule has 0 radical (unpaired) electrons. The van der Waals surface area contributed by atoms with E-state index in [0.717, 1.165) is 25.1 Å². The van der Waals surface area contributed by atoms with Crippen molar-refractivity contribution in [3.05, 3.63) is 65.6 Å². The van der Waals surface area contributed by atoms with Crippen LogP contribution < -0.4 is 0 Å². The van der Waals surface area contributed by atoms with Crippen molar-refractivity contribution >= 4 is 11.6 Å². The zero-order chi connectivity index (χ0) is 19.0. The maximum absolute atomic E-state index is 13.0. The van der Waals surface area contributed by atoms with E-state index in [2.05, 4.69) is 10.2 Å². The largest absolute Gasteiger partial charge is 0.417 e. The smallest absolute Gasteiger partial charge is 0.338 e. The number of fused-ring (bicyclic) bond motifs is 1. The van der Waals surface area contributed by atoms with Crippen LogP contribution in [0, 0.1) is 0 Å². The molecule has 2 aromatic heterocycles. The van der Waals surface area contributed by atoms with Gasteiger partial charge in [-0.25, -0.2) is 0 Å². The first-order chi connectivity index (χ1) is 12.9. The molecule has 3 aromatic rings. The van der Waals surface area contributed by atoms with Crippen LogP contribution in [-0.2, 0) is 6.18 Å². The normalized spacial score (nSPS) is 18.0. The molecular formula is C19H17F3N4O. The van der Waals surface area contributed by atoms with Crippen molar-refractivity contribution in [2.24, 2.45) is 0 Å². The Labute approximate surface area is 153 Å². The maximum atomic E-state index is 13.0. The quantitative estimate of drug-likeness (QED) is 0.686. The van der Waals surface area contributed by atoms with Crippen molar-refractivity contribution in [1.82, 2.24) is 19.5 Å². The van der Waals surface area contributed by atoms with Gasteiger partial charge in [0.1, 0.15) is 5.82 Å². The van der Waals surface area contributed by atoms with Gasteiger partial charge < -0.3 is 4.90 Å². The lowest BCUT2D eigenvalue weighted by atomic mass is 9.96. The number of benzene rings is 1. The third kappa shape index (κ3) is 3.39. The van der Waals surface area contributed by atoms with Gasteiger partial charge in [0.15, 0.2) is 5.65 Å². The minimum Gasteiger partial charge on any atom is -0.338 e. The fourth-order valence-corrected chi connectivity index (χ4v) is 3.49. The number of rotatable bonds is 2. The van der Waals surface area contributed by atoms with Gasteiger partial charge in [-0.2, -0.15) is 13.2 Å². The average Bonchev–Trinajstić information content (AvgIpc) is 3.11. The number of piperidine rings is 1. The van der Waals surface area contributed by atoms with Crippen LogP contribution in [0.2, 0.25) is 0 Å². The van der Waals surface area contributed by atoms with Crippen molar-refractivity contribution in [3.63, 3.8) is 0 Å². The predicted octanol–water partition coefficient (Wildman–Crippen LogP) is 3.77. The Balaban J connectivity index is 1.62. The molecule has 1 fully saturated rings. The Morgan fingerprint density at radius 1 is 1.07 bits per heavy atom. The van der Waals surface area contributed by atoms with Crippen molar-refractivity contribution in [2.75, 3.05) is 13.1 Å². The Morgan fingerprint density at radius 2 is 1.85 bits per heavy atom. The van der Waals surface area contributed by atoms with Crippen LogP contribution in [0.1, 0.15) is 40.5 Å². The Bertz CT molecular complexity index is 968. The van der Waals surface area contributed by atoms with Crippen LogP contribution in [0.15, 0.2) is 48.7 Å². The molecule has 5 nitrogen and oxygen atoms in total. The number of pyridine rings is 1. The first kappa shape index (κ1) is 17.5. The number of hydrogen-bond acceptors (Lipinski definition) is 3. The first-order valence-electron chi connectivity index (χ1n) is 8.69. The molecule has 1 aromatic carbocycles. The molecule has 27 heavy (non-hydrogen) atoms. The Hall–Kier alpha value is -2.90. The van der Waals surface area contributed by atoms with Gasteiger partial charge in [-0.15, -0.1) is 10.2 Å². The van der Waals surface area contributed by atoms with Crippen molar-refractivity contribution in [3.8, 4) is 0 Å². The highest BCUT2D eigenvalue weighted by molar-refractivity contribution is 5.94. The van der Waals surface area contributed by atoms with Crippen LogP contribution >= 0.6 is 0 Å². The first-order valence-corrected chi connectivity index (χ1v) is 8.69. The second-order valence-electron chi connectivity index (χ2n) is 6.66. The summed E-state index contributed by atoms with van der Waals surface area (Å²) in [7, 11) is 0. The van der Waals surface area contributed by atoms with E-state index in [4.69, 9.17) is 0 Å². The fourth-order valence-electron chi connectivity index (χ4n) is 3.49. The van der Waals surface area contributed by atoms with Crippen molar-refractivity contribution in [1.29, 1.82) is 0 Å². The zero-order valence-corrected chi connectivity index (χ0v) is 14.4. The molecule has 3 heterocycles. The summed E-state index contributed by atoms with van der Waals surface area (Å²) in [5.41, 5.74) is 0.220. The van der Waals surface area contributed by atoms with Crippen molar-refractivity contribution < 1.29 is 18.0 Å². The standard InChI is InChI=1S/C19H17F3N4O/c20-19(21,22)15-8-9-16-23-24-17(26(16)12-15)14-7-4-10-25(11-14)18(27)13-5-2-1-3-6-13/h1-3,5-6,8-9,12,14H,4,7,10-11H2. The molecule has 0 spiro atoms. The molecule has 1 atom stereocenters. The molecule has 1 saturated heterocycles. The monoisotopic (exact) mass is 374 g/mol. The molecule has 8 heteroatoms. The number of carbonyl (C=O) groups is 1. The Kier molecular flexibility index (Phi) is 4.33. The molecule has 1 aliphatic rings. The van der Waals surface area contributed by atoms with Gasteiger partial charge in [0, 0.05) is 30.8 Å². The number of halogens is 3. The van der Waals surface area contributed by atoms with E-state index < -0.39 is 11.7 Å². The average molecular weight is 374 g/mol. The Morgan fingerprint density at radius 3 is 2.59 bits per heavy atom. The molecule has 0 bridgehead atoms. The SMILES string of the molecule is O=C(c1ccccc1)N1CCCC(c2nnc3ccc(C(F)(F)F)cn23)C1. The summed E-state index contributed by atoms with van der Waals surface area (Å²) in [4.78, 5) is 14.4. The highest BCUT2D eigenvalue weighted by Crippen LogP contribution is 2.31. The molecule has 0 N–H and O–H groups in total. The molecule has 1 aliphatic heterocycles. The summed E-state index contributed by atoms with van der Waals surface area (Å²) in [6.45, 7) is 1.03. The van der Waals surface area contributed by atoms with Crippen LogP contribution in [-0.4, -0.2) is 38.5 Å². The molecule has 4 rings (SSSR count). The van der Waals surface area contributed by atoms with Gasteiger partial charge in [-0.3, -0.25) is 9.20 Å². The number of aromatic nitrogens is 3. The molecule has 0 aliphatic carbocycles. The molecular weight excluding hydrogens is 357 g/mol. The minimum atomic E-state index is -4.43. The number of carbonyl (C=O) groups excluding carboxylic acids is 1. The third-order valence-corrected chi connectivity index (χ3v) is 4.85. The molecule has 140 valence electrons. The second-order valence-corrected chi connectivity index (χ2v) is 6.66. The van der Waals surface area contributed by atoms with Gasteiger partial charge in [0.05, 0.1) is 5.56 Å². The summed E-state index contributed by atoms with van der Waals surface area (Å²) < 4.78 is 40.5. The lowest BCUT2D eigenvalue weighted by Crippen LogP contribution is -2.39. The van der Waals surface area contributed by atoms with E-state index in [1.54, 1.807) is 29.2 Å². The van der Waals surface area contributed by atoms with E-state index in [1.807, 2.05) is 6.07 Å². The zero-order valence-electron chi connectivity index (χ0n) is 14.4. The van der Waals surface area contributed by atoms with Crippen LogP contribution in [0.5, 0.6) is 0 Å². The number of nitrogens with zero attached hydrogens (tertiary/aromatic N) is 4. The van der Waals surface area contributed by atoms with Crippen LogP contribution in [0.4, 0.5) is 13.2 Å². The van der Waals surface area contributed by atoms with Crippen molar-refractivity contribution in [2.45, 2.75) is 24.9 Å². The second kappa shape index (κ2) is 6.68. The van der Waals surface area contributed by atoms with Gasteiger partial charge in [-0.1, -0.05) is 18.2 Å². The van der Waals surface area contributed by atoms with Gasteiger partial charge >= 0.3 is 6.18 Å². The third-order valence-electron chi connectivity index (χ3n) is 4.85. The van der Waals surface area contributed by atoms with E-state index in [9.17, 15) is 18.0 Å². The summed E-state index contributed by atoms with van der Waals surface area (Å²) in [5.74, 6) is 0.219. The summed E-state index contributed by atoms with van der Waals surface area (Å²) in [5, 5.41) is 8.10. The summed E-state index contributed by atoms with van der Waals surface area (Å²) in [6.07, 6.45) is -1.90. The topological polar surface area (TPSA) is 50.5 Å². The van der Waals surface area contributed by atoms with Gasteiger partial charge in [-0.05, 0) is 37.1 Å². The van der Waals surface area contributed by atoms with Gasteiger partial charge in [0.25, 0.3) is 5.91 Å². The van der Waals surface area contributed by atoms with E-state index in [-0.39, 0.29) is 11.8 Å². The fraction of sp³-hybridized carbons (Fsp3) is 0.316. The summed E-state index contributed by atoms with van der Waals surface area (Å²) >= 11 is 0. The van der Waals surface area contributed by atoms with E-state index >= 15 is 0 Å². The van der Waals surface area contributed by atoms with Crippen LogP contribution in [0.25, 0.3) is 5.65 Å². The molecule has 0 saturated carbocycles. The number of likely N-dealkylation sites (tertiary alicyclic amines) is 1. The number of amides is 1. The maximum Gasteiger partial charge on any atom is 0.417 e. The van der Waals surface area contributed by atoms with Gasteiger partial charge in [0.2, 0.25) is 0 Å². The molecule has 1 unspecified atom stereocenters. The molecule has 1 amide bonds. The highest BCUT2D eigenvalue weighted by atomic mass is 19.4. The number of hydrogen-bond donors (Lipinski definition) is 0. The van der Waals surface area contributed by atoms with Crippen LogP contribution in [0.3, 0.4) is 0 Å². The lowest BCUT2D eigenvalue weighted by Gasteiger charge is -2.32.